The molecular weight excluding hydrogens is 208 g/mol. The Balaban J connectivity index is 2.66. The van der Waals surface area contributed by atoms with Crippen LogP contribution >= 0.6 is 11.3 Å². The molecule has 0 radical (unpaired) electrons. The normalized spacial score (nSPS) is 11.9. The van der Waals surface area contributed by atoms with Crippen molar-refractivity contribution in [2.24, 2.45) is 0 Å². The average Bonchev–Trinajstić information content (AvgIpc) is 2.27. The van der Waals surface area contributed by atoms with Crippen LogP contribution in [0.4, 0.5) is 0 Å². The second-order valence-corrected chi connectivity index (χ2v) is 5.96. The van der Waals surface area contributed by atoms with E-state index in [2.05, 4.69) is 9.71 Å². The molecule has 0 aliphatic heterocycles. The fourth-order valence-electron chi connectivity index (χ4n) is 0.808. The van der Waals surface area contributed by atoms with Gasteiger partial charge in [0.15, 0.2) is 0 Å². The summed E-state index contributed by atoms with van der Waals surface area (Å²) in [4.78, 5) is 5.33. The molecule has 1 aromatic rings. The van der Waals surface area contributed by atoms with Crippen LogP contribution < -0.4 is 4.72 Å². The van der Waals surface area contributed by atoms with E-state index in [-0.39, 0.29) is 6.54 Å². The first kappa shape index (κ1) is 10.6. The molecule has 1 heterocycles. The second kappa shape index (κ2) is 3.73. The van der Waals surface area contributed by atoms with Crippen LogP contribution in [-0.2, 0) is 16.6 Å². The van der Waals surface area contributed by atoms with Crippen LogP contribution in [-0.4, -0.2) is 19.7 Å². The Morgan fingerprint density at radius 1 is 1.46 bits per heavy atom. The van der Waals surface area contributed by atoms with Gasteiger partial charge in [0, 0.05) is 4.88 Å². The lowest BCUT2D eigenvalue weighted by Gasteiger charge is -1.96. The van der Waals surface area contributed by atoms with Crippen molar-refractivity contribution in [3.05, 3.63) is 15.6 Å². The van der Waals surface area contributed by atoms with Crippen molar-refractivity contribution in [2.45, 2.75) is 20.4 Å². The molecule has 0 saturated carbocycles. The number of hydrogen-bond acceptors (Lipinski definition) is 4. The second-order valence-electron chi connectivity index (χ2n) is 2.84. The van der Waals surface area contributed by atoms with Crippen LogP contribution in [0.15, 0.2) is 0 Å². The third-order valence-electron chi connectivity index (χ3n) is 1.56. The molecule has 0 aliphatic rings. The predicted molar refractivity (Wildman–Crippen MR) is 53.3 cm³/mol. The first-order valence-corrected chi connectivity index (χ1v) is 6.47. The van der Waals surface area contributed by atoms with Crippen molar-refractivity contribution in [2.75, 3.05) is 6.26 Å². The summed E-state index contributed by atoms with van der Waals surface area (Å²) in [5.41, 5.74) is 0.968. The Morgan fingerprint density at radius 3 is 2.46 bits per heavy atom. The molecule has 1 N–H and O–H groups in total. The van der Waals surface area contributed by atoms with Gasteiger partial charge >= 0.3 is 0 Å². The van der Waals surface area contributed by atoms with E-state index in [1.165, 1.54) is 11.3 Å². The molecule has 1 rings (SSSR count). The van der Waals surface area contributed by atoms with Crippen molar-refractivity contribution in [1.82, 2.24) is 9.71 Å². The van der Waals surface area contributed by atoms with E-state index in [0.29, 0.717) is 0 Å². The third-order valence-corrected chi connectivity index (χ3v) is 3.30. The summed E-state index contributed by atoms with van der Waals surface area (Å²) < 4.78 is 23.9. The summed E-state index contributed by atoms with van der Waals surface area (Å²) in [6.45, 7) is 4.17. The smallest absolute Gasteiger partial charge is 0.209 e. The molecule has 0 atom stereocenters. The molecule has 0 unspecified atom stereocenters. The van der Waals surface area contributed by atoms with Gasteiger partial charge in [-0.2, -0.15) is 0 Å². The molecule has 13 heavy (non-hydrogen) atoms. The predicted octanol–water partition coefficient (Wildman–Crippen LogP) is 0.809. The summed E-state index contributed by atoms with van der Waals surface area (Å²) in [6, 6.07) is 0. The van der Waals surface area contributed by atoms with E-state index in [0.717, 1.165) is 21.8 Å². The van der Waals surface area contributed by atoms with Gasteiger partial charge in [0.05, 0.1) is 18.5 Å². The summed E-state index contributed by atoms with van der Waals surface area (Å²) in [7, 11) is -3.11. The van der Waals surface area contributed by atoms with Crippen LogP contribution in [0.25, 0.3) is 0 Å². The third kappa shape index (κ3) is 3.41. The summed E-state index contributed by atoms with van der Waals surface area (Å²) in [6.07, 6.45) is 1.14. The summed E-state index contributed by atoms with van der Waals surface area (Å²) >= 11 is 1.52. The number of aromatic nitrogens is 1. The fourth-order valence-corrected chi connectivity index (χ4v) is 2.17. The van der Waals surface area contributed by atoms with E-state index < -0.39 is 10.0 Å². The highest BCUT2D eigenvalue weighted by atomic mass is 32.2. The Kier molecular flexibility index (Phi) is 3.05. The van der Waals surface area contributed by atoms with Gasteiger partial charge in [-0.15, -0.1) is 11.3 Å². The van der Waals surface area contributed by atoms with Gasteiger partial charge in [0.1, 0.15) is 5.01 Å². The molecule has 1 aromatic heterocycles. The van der Waals surface area contributed by atoms with Crippen LogP contribution in [0, 0.1) is 13.8 Å². The maximum atomic E-state index is 10.8. The number of thiazole rings is 1. The maximum Gasteiger partial charge on any atom is 0.209 e. The molecular formula is C7H12N2O2S2. The Bertz CT molecular complexity index is 375. The highest BCUT2D eigenvalue weighted by molar-refractivity contribution is 7.88. The first-order valence-electron chi connectivity index (χ1n) is 3.76. The molecule has 4 nitrogen and oxygen atoms in total. The quantitative estimate of drug-likeness (QED) is 0.820. The Labute approximate surface area is 82.1 Å². The van der Waals surface area contributed by atoms with E-state index in [9.17, 15) is 8.42 Å². The highest BCUT2D eigenvalue weighted by Gasteiger charge is 2.05. The minimum absolute atomic E-state index is 0.290. The Hall–Kier alpha value is -0.460. The zero-order valence-electron chi connectivity index (χ0n) is 7.79. The number of hydrogen-bond donors (Lipinski definition) is 1. The first-order chi connectivity index (χ1) is 5.88. The average molecular weight is 220 g/mol. The number of aryl methyl sites for hydroxylation is 2. The van der Waals surface area contributed by atoms with E-state index >= 15 is 0 Å². The molecule has 0 aromatic carbocycles. The number of sulfonamides is 1. The van der Waals surface area contributed by atoms with Gasteiger partial charge in [-0.1, -0.05) is 0 Å². The van der Waals surface area contributed by atoms with Crippen molar-refractivity contribution in [1.29, 1.82) is 0 Å². The lowest BCUT2D eigenvalue weighted by Crippen LogP contribution is -2.21. The lowest BCUT2D eigenvalue weighted by molar-refractivity contribution is 0.587. The monoisotopic (exact) mass is 220 g/mol. The molecule has 0 saturated heterocycles. The molecule has 0 spiro atoms. The van der Waals surface area contributed by atoms with Gasteiger partial charge in [-0.05, 0) is 13.8 Å². The largest absolute Gasteiger partial charge is 0.245 e. The van der Waals surface area contributed by atoms with Crippen LogP contribution in [0.1, 0.15) is 15.6 Å². The van der Waals surface area contributed by atoms with E-state index in [1.54, 1.807) is 0 Å². The molecule has 0 fully saturated rings. The molecule has 74 valence electrons. The Morgan fingerprint density at radius 2 is 2.08 bits per heavy atom. The van der Waals surface area contributed by atoms with Crippen LogP contribution in [0.2, 0.25) is 0 Å². The molecule has 0 amide bonds. The maximum absolute atomic E-state index is 10.8. The number of nitrogens with one attached hydrogen (secondary N) is 1. The number of nitrogens with zero attached hydrogens (tertiary/aromatic N) is 1. The number of rotatable bonds is 3. The van der Waals surface area contributed by atoms with E-state index in [1.807, 2.05) is 13.8 Å². The van der Waals surface area contributed by atoms with Crippen LogP contribution in [0.3, 0.4) is 0 Å². The van der Waals surface area contributed by atoms with Crippen molar-refractivity contribution in [3.8, 4) is 0 Å². The highest BCUT2D eigenvalue weighted by Crippen LogP contribution is 2.15. The van der Waals surface area contributed by atoms with Crippen molar-refractivity contribution >= 4 is 21.4 Å². The zero-order valence-corrected chi connectivity index (χ0v) is 9.42. The topological polar surface area (TPSA) is 59.1 Å². The van der Waals surface area contributed by atoms with Crippen LogP contribution in [0.5, 0.6) is 0 Å². The van der Waals surface area contributed by atoms with Gasteiger partial charge in [-0.25, -0.2) is 18.1 Å². The van der Waals surface area contributed by atoms with Gasteiger partial charge in [0.2, 0.25) is 10.0 Å². The van der Waals surface area contributed by atoms with Gasteiger partial charge < -0.3 is 0 Å². The van der Waals surface area contributed by atoms with Gasteiger partial charge in [0.25, 0.3) is 0 Å². The fraction of sp³-hybridized carbons (Fsp3) is 0.571. The minimum atomic E-state index is -3.11. The summed E-state index contributed by atoms with van der Waals surface area (Å²) in [5.74, 6) is 0. The SMILES string of the molecule is Cc1nc(CNS(C)(=O)=O)sc1C. The van der Waals surface area contributed by atoms with E-state index in [4.69, 9.17) is 0 Å². The molecule has 0 bridgehead atoms. The van der Waals surface area contributed by atoms with Crippen molar-refractivity contribution in [3.63, 3.8) is 0 Å². The lowest BCUT2D eigenvalue weighted by atomic mass is 10.4. The van der Waals surface area contributed by atoms with Gasteiger partial charge in [-0.3, -0.25) is 0 Å². The molecule has 6 heteroatoms. The summed E-state index contributed by atoms with van der Waals surface area (Å²) in [5, 5.41) is 0.806. The molecule has 0 aliphatic carbocycles. The van der Waals surface area contributed by atoms with Crippen molar-refractivity contribution < 1.29 is 8.42 Å². The minimum Gasteiger partial charge on any atom is -0.245 e. The standard InChI is InChI=1S/C7H12N2O2S2/c1-5-6(2)12-7(9-5)4-8-13(3,10)11/h8H,4H2,1-3H3. The zero-order chi connectivity index (χ0) is 10.1.